The molecule has 0 bridgehead atoms. The first-order valence-corrected chi connectivity index (χ1v) is 11.3. The number of thiophene rings is 1. The number of oxazole rings is 1. The second-order valence-electron chi connectivity index (χ2n) is 6.94. The van der Waals surface area contributed by atoms with E-state index in [9.17, 15) is 10.1 Å². The van der Waals surface area contributed by atoms with E-state index in [4.69, 9.17) is 8.83 Å². The molecule has 1 fully saturated rings. The fourth-order valence-corrected chi connectivity index (χ4v) is 4.89. The third-order valence-electron chi connectivity index (χ3n) is 5.02. The van der Waals surface area contributed by atoms with Crippen LogP contribution in [0.4, 0.5) is 11.0 Å². The topological polar surface area (TPSA) is 121 Å². The molecule has 1 aliphatic heterocycles. The van der Waals surface area contributed by atoms with Crippen LogP contribution in [0.15, 0.2) is 44.1 Å². The Morgan fingerprint density at radius 2 is 2.16 bits per heavy atom. The quantitative estimate of drug-likeness (QED) is 0.477. The molecule has 1 saturated heterocycles. The molecule has 156 valence electrons. The second-order valence-corrected chi connectivity index (χ2v) is 8.69. The molecular formula is C20H16N6O3S2. The number of carbonyl (C=O) groups is 1. The number of nitrogens with one attached hydrogen (secondary N) is 1. The molecule has 1 amide bonds. The third kappa shape index (κ3) is 3.95. The number of anilines is 2. The monoisotopic (exact) mass is 452 g/mol. The van der Waals surface area contributed by atoms with Gasteiger partial charge in [0.2, 0.25) is 22.6 Å². The molecule has 4 aromatic heterocycles. The van der Waals surface area contributed by atoms with Gasteiger partial charge in [0.25, 0.3) is 5.89 Å². The van der Waals surface area contributed by atoms with E-state index in [2.05, 4.69) is 26.6 Å². The first-order chi connectivity index (χ1) is 15.2. The van der Waals surface area contributed by atoms with Crippen molar-refractivity contribution in [1.29, 1.82) is 5.26 Å². The highest BCUT2D eigenvalue weighted by atomic mass is 32.1. The van der Waals surface area contributed by atoms with Crippen molar-refractivity contribution < 1.29 is 13.6 Å². The van der Waals surface area contributed by atoms with Gasteiger partial charge in [-0.05, 0) is 36.4 Å². The number of nitriles is 1. The first kappa shape index (κ1) is 19.5. The van der Waals surface area contributed by atoms with Gasteiger partial charge in [-0.25, -0.2) is 0 Å². The molecule has 0 spiro atoms. The summed E-state index contributed by atoms with van der Waals surface area (Å²) >= 11 is 2.95. The minimum atomic E-state index is -0.150. The van der Waals surface area contributed by atoms with Crippen LogP contribution in [0.3, 0.4) is 0 Å². The van der Waals surface area contributed by atoms with Gasteiger partial charge in [0, 0.05) is 30.0 Å². The van der Waals surface area contributed by atoms with Gasteiger partial charge in [0.1, 0.15) is 11.1 Å². The Morgan fingerprint density at radius 1 is 1.29 bits per heavy atom. The number of furan rings is 1. The van der Waals surface area contributed by atoms with Gasteiger partial charge >= 0.3 is 0 Å². The summed E-state index contributed by atoms with van der Waals surface area (Å²) in [7, 11) is 0. The van der Waals surface area contributed by atoms with Gasteiger partial charge in [0.15, 0.2) is 5.76 Å². The van der Waals surface area contributed by atoms with Crippen molar-refractivity contribution in [2.24, 2.45) is 5.92 Å². The van der Waals surface area contributed by atoms with Gasteiger partial charge in [-0.3, -0.25) is 4.79 Å². The fraction of sp³-hybridized carbons (Fsp3) is 0.250. The number of rotatable bonds is 5. The molecule has 4 aromatic rings. The van der Waals surface area contributed by atoms with Crippen molar-refractivity contribution in [3.8, 4) is 28.3 Å². The molecule has 0 atom stereocenters. The fourth-order valence-electron chi connectivity index (χ4n) is 3.43. The Bertz CT molecular complexity index is 1210. The lowest BCUT2D eigenvalue weighted by atomic mass is 9.96. The van der Waals surface area contributed by atoms with E-state index >= 15 is 0 Å². The number of carbonyl (C=O) groups excluding carboxylic acids is 1. The maximum atomic E-state index is 12.7. The largest absolute Gasteiger partial charge is 0.459 e. The average molecular weight is 453 g/mol. The number of hydrogen-bond donors (Lipinski definition) is 1. The molecule has 0 aliphatic carbocycles. The maximum absolute atomic E-state index is 12.7. The second kappa shape index (κ2) is 8.33. The number of amides is 1. The van der Waals surface area contributed by atoms with Crippen LogP contribution in [0.25, 0.3) is 22.2 Å². The minimum absolute atomic E-state index is 0.0676. The van der Waals surface area contributed by atoms with Crippen LogP contribution in [0.5, 0.6) is 0 Å². The van der Waals surface area contributed by atoms with Crippen LogP contribution in [0, 0.1) is 17.2 Å². The highest BCUT2D eigenvalue weighted by Crippen LogP contribution is 2.32. The number of aromatic nitrogens is 3. The molecule has 5 heterocycles. The van der Waals surface area contributed by atoms with Crippen LogP contribution in [0.2, 0.25) is 0 Å². The molecule has 31 heavy (non-hydrogen) atoms. The van der Waals surface area contributed by atoms with Crippen molar-refractivity contribution in [1.82, 2.24) is 15.2 Å². The Labute approximate surface area is 185 Å². The van der Waals surface area contributed by atoms with Crippen LogP contribution in [0.1, 0.15) is 18.5 Å². The van der Waals surface area contributed by atoms with Crippen molar-refractivity contribution in [2.75, 3.05) is 23.3 Å². The first-order valence-electron chi connectivity index (χ1n) is 9.58. The Balaban J connectivity index is 1.22. The summed E-state index contributed by atoms with van der Waals surface area (Å²) < 4.78 is 11.1. The zero-order chi connectivity index (χ0) is 21.2. The minimum Gasteiger partial charge on any atom is -0.459 e. The zero-order valence-corrected chi connectivity index (χ0v) is 17.8. The van der Waals surface area contributed by atoms with Gasteiger partial charge in [-0.15, -0.1) is 10.2 Å². The predicted octanol–water partition coefficient (Wildman–Crippen LogP) is 4.24. The summed E-state index contributed by atoms with van der Waals surface area (Å²) in [6, 6.07) is 7.51. The Morgan fingerprint density at radius 3 is 2.87 bits per heavy atom. The molecule has 1 N–H and O–H groups in total. The molecule has 0 saturated carbocycles. The number of piperidine rings is 1. The molecule has 0 unspecified atom stereocenters. The standard InChI is InChI=1S/C20H16N6O3S2/c21-10-14-19(29-17(22-14)15-2-1-8-28-15)26-6-3-12(4-7-26)16(27)23-20-25-24-18(31-20)13-5-9-30-11-13/h1-2,5,8-9,11-12H,3-4,6-7H2,(H,23,25,27). The van der Waals surface area contributed by atoms with Crippen LogP contribution in [-0.2, 0) is 4.79 Å². The smallest absolute Gasteiger partial charge is 0.266 e. The van der Waals surface area contributed by atoms with Crippen molar-refractivity contribution in [3.05, 3.63) is 40.9 Å². The van der Waals surface area contributed by atoms with Crippen molar-refractivity contribution in [2.45, 2.75) is 12.8 Å². The summed E-state index contributed by atoms with van der Waals surface area (Å²) in [4.78, 5) is 18.9. The average Bonchev–Trinajstić information content (AvgIpc) is 3.60. The third-order valence-corrected chi connectivity index (χ3v) is 6.59. The van der Waals surface area contributed by atoms with Gasteiger partial charge in [-0.2, -0.15) is 21.6 Å². The predicted molar refractivity (Wildman–Crippen MR) is 116 cm³/mol. The highest BCUT2D eigenvalue weighted by Gasteiger charge is 2.29. The lowest BCUT2D eigenvalue weighted by molar-refractivity contribution is -0.120. The van der Waals surface area contributed by atoms with Crippen molar-refractivity contribution in [3.63, 3.8) is 0 Å². The zero-order valence-electron chi connectivity index (χ0n) is 16.1. The number of hydrogen-bond acceptors (Lipinski definition) is 10. The van der Waals surface area contributed by atoms with E-state index < -0.39 is 0 Å². The lowest BCUT2D eigenvalue weighted by Crippen LogP contribution is -2.38. The molecule has 9 nitrogen and oxygen atoms in total. The van der Waals surface area contributed by atoms with Gasteiger partial charge in [-0.1, -0.05) is 11.3 Å². The van der Waals surface area contributed by atoms with E-state index in [1.54, 1.807) is 23.5 Å². The van der Waals surface area contributed by atoms with E-state index in [1.807, 2.05) is 21.7 Å². The maximum Gasteiger partial charge on any atom is 0.266 e. The van der Waals surface area contributed by atoms with E-state index in [-0.39, 0.29) is 23.4 Å². The molecule has 0 radical (unpaired) electrons. The van der Waals surface area contributed by atoms with Crippen LogP contribution < -0.4 is 10.2 Å². The van der Waals surface area contributed by atoms with Crippen LogP contribution in [-0.4, -0.2) is 34.2 Å². The molecular weight excluding hydrogens is 436 g/mol. The van der Waals surface area contributed by atoms with Gasteiger partial charge < -0.3 is 19.1 Å². The van der Waals surface area contributed by atoms with Gasteiger partial charge in [0.05, 0.1) is 6.26 Å². The Hall–Kier alpha value is -3.49. The molecule has 5 rings (SSSR count). The normalized spacial score (nSPS) is 14.5. The number of nitrogens with zero attached hydrogens (tertiary/aromatic N) is 5. The molecule has 0 aromatic carbocycles. The Kier molecular flexibility index (Phi) is 5.23. The molecule has 11 heteroatoms. The van der Waals surface area contributed by atoms with Crippen molar-refractivity contribution >= 4 is 39.6 Å². The molecule has 1 aliphatic rings. The summed E-state index contributed by atoms with van der Waals surface area (Å²) in [5.41, 5.74) is 1.22. The van der Waals surface area contributed by atoms with E-state index in [0.717, 1.165) is 10.6 Å². The summed E-state index contributed by atoms with van der Waals surface area (Å²) in [6.07, 6.45) is 2.78. The highest BCUT2D eigenvalue weighted by molar-refractivity contribution is 7.19. The summed E-state index contributed by atoms with van der Waals surface area (Å²) in [6.45, 7) is 1.16. The van der Waals surface area contributed by atoms with E-state index in [0.29, 0.717) is 42.7 Å². The summed E-state index contributed by atoms with van der Waals surface area (Å²) in [5, 5.41) is 25.8. The SMILES string of the molecule is N#Cc1nc(-c2ccco2)oc1N1CCC(C(=O)Nc2nnc(-c3ccsc3)s2)CC1. The van der Waals surface area contributed by atoms with Crippen LogP contribution >= 0.6 is 22.7 Å². The lowest BCUT2D eigenvalue weighted by Gasteiger charge is -2.30. The summed E-state index contributed by atoms with van der Waals surface area (Å²) in [5.74, 6) is 0.937. The van der Waals surface area contributed by atoms with E-state index in [1.165, 1.54) is 17.6 Å².